The second-order valence-electron chi connectivity index (χ2n) is 7.78. The van der Waals surface area contributed by atoms with E-state index in [0.717, 1.165) is 33.3 Å². The fourth-order valence-corrected chi connectivity index (χ4v) is 4.23. The highest BCUT2D eigenvalue weighted by Gasteiger charge is 2.19. The van der Waals surface area contributed by atoms with Crippen molar-refractivity contribution in [1.29, 1.82) is 0 Å². The largest absolute Gasteiger partial charge is 0.493 e. The highest BCUT2D eigenvalue weighted by molar-refractivity contribution is 5.95. The van der Waals surface area contributed by atoms with E-state index >= 15 is 0 Å². The number of hydrogen-bond acceptors (Lipinski definition) is 7. The Morgan fingerprint density at radius 1 is 0.714 bits per heavy atom. The van der Waals surface area contributed by atoms with Gasteiger partial charge in [-0.15, -0.1) is 0 Å². The van der Waals surface area contributed by atoms with E-state index in [9.17, 15) is 0 Å². The lowest BCUT2D eigenvalue weighted by molar-refractivity contribution is 0.174. The molecule has 0 saturated heterocycles. The molecule has 0 atom stereocenters. The van der Waals surface area contributed by atoms with E-state index in [1.165, 1.54) is 0 Å². The lowest BCUT2D eigenvalue weighted by atomic mass is 10.0. The average Bonchev–Trinajstić information content (AvgIpc) is 3.36. The Labute approximate surface area is 203 Å². The Kier molecular flexibility index (Phi) is 6.06. The predicted octanol–water partition coefficient (Wildman–Crippen LogP) is 5.84. The van der Waals surface area contributed by atoms with Gasteiger partial charge in [-0.05, 0) is 35.9 Å². The average molecular weight is 472 g/mol. The third-order valence-corrected chi connectivity index (χ3v) is 5.89. The van der Waals surface area contributed by atoms with Crippen LogP contribution in [0.15, 0.2) is 54.6 Å². The molecule has 35 heavy (non-hydrogen) atoms. The predicted molar refractivity (Wildman–Crippen MR) is 135 cm³/mol. The molecule has 0 fully saturated rings. The van der Waals surface area contributed by atoms with Crippen LogP contribution in [0.4, 0.5) is 0 Å². The first-order valence-corrected chi connectivity index (χ1v) is 11.0. The van der Waals surface area contributed by atoms with Gasteiger partial charge >= 0.3 is 0 Å². The van der Waals surface area contributed by atoms with E-state index in [2.05, 4.69) is 0 Å². The van der Waals surface area contributed by atoms with Crippen LogP contribution in [0.25, 0.3) is 34.3 Å². The molecule has 0 bridgehead atoms. The van der Waals surface area contributed by atoms with Crippen molar-refractivity contribution in [3.8, 4) is 45.8 Å². The summed E-state index contributed by atoms with van der Waals surface area (Å²) in [6.45, 7) is 0.189. The number of benzene rings is 3. The first-order valence-electron chi connectivity index (χ1n) is 11.0. The quantitative estimate of drug-likeness (QED) is 0.336. The third-order valence-electron chi connectivity index (χ3n) is 5.89. The minimum atomic E-state index is 0.189. The third kappa shape index (κ3) is 4.05. The van der Waals surface area contributed by atoms with Crippen molar-refractivity contribution in [2.45, 2.75) is 0 Å². The maximum Gasteiger partial charge on any atom is 0.231 e. The minimum absolute atomic E-state index is 0.189. The monoisotopic (exact) mass is 471 g/mol. The number of nitrogens with zero attached hydrogens (tertiary/aromatic N) is 1. The molecule has 1 aliphatic heterocycles. The Hall–Kier alpha value is -4.39. The molecule has 0 amide bonds. The number of aromatic nitrogens is 1. The summed E-state index contributed by atoms with van der Waals surface area (Å²) in [5.41, 5.74) is 4.16. The van der Waals surface area contributed by atoms with Crippen molar-refractivity contribution < 1.29 is 28.4 Å². The van der Waals surface area contributed by atoms with Crippen LogP contribution in [-0.4, -0.2) is 40.2 Å². The summed E-state index contributed by atoms with van der Waals surface area (Å²) in [5.74, 6) is 3.95. The summed E-state index contributed by atoms with van der Waals surface area (Å²) < 4.78 is 33.4. The van der Waals surface area contributed by atoms with Crippen molar-refractivity contribution in [2.24, 2.45) is 0 Å². The van der Waals surface area contributed by atoms with Crippen LogP contribution in [0.1, 0.15) is 11.1 Å². The van der Waals surface area contributed by atoms with Crippen molar-refractivity contribution in [2.75, 3.05) is 35.2 Å². The summed E-state index contributed by atoms with van der Waals surface area (Å²) in [7, 11) is 6.49. The fraction of sp³-hybridized carbons (Fsp3) is 0.179. The smallest absolute Gasteiger partial charge is 0.231 e. The number of methoxy groups -OCH3 is 4. The van der Waals surface area contributed by atoms with Crippen LogP contribution in [0.5, 0.6) is 34.5 Å². The van der Waals surface area contributed by atoms with Gasteiger partial charge in [0.25, 0.3) is 0 Å². The van der Waals surface area contributed by atoms with Crippen molar-refractivity contribution in [1.82, 2.24) is 4.98 Å². The number of fused-ring (bicyclic) bond motifs is 2. The van der Waals surface area contributed by atoms with Crippen LogP contribution >= 0.6 is 0 Å². The van der Waals surface area contributed by atoms with Gasteiger partial charge in [0.2, 0.25) is 6.79 Å². The van der Waals surface area contributed by atoms with Crippen LogP contribution < -0.4 is 28.4 Å². The van der Waals surface area contributed by atoms with Crippen LogP contribution in [0, 0.1) is 0 Å². The van der Waals surface area contributed by atoms with Crippen molar-refractivity contribution >= 4 is 23.1 Å². The molecule has 0 saturated carbocycles. The number of ether oxygens (including phenoxy) is 6. The first-order chi connectivity index (χ1) is 17.2. The van der Waals surface area contributed by atoms with Crippen LogP contribution in [0.2, 0.25) is 0 Å². The molecule has 5 rings (SSSR count). The van der Waals surface area contributed by atoms with Gasteiger partial charge in [0.15, 0.2) is 34.5 Å². The summed E-state index contributed by atoms with van der Waals surface area (Å²) in [5, 5.41) is 0.929. The van der Waals surface area contributed by atoms with Gasteiger partial charge in [0.1, 0.15) is 0 Å². The Balaban J connectivity index is 1.71. The summed E-state index contributed by atoms with van der Waals surface area (Å²) in [4.78, 5) is 4.93. The van der Waals surface area contributed by atoms with Crippen LogP contribution in [0.3, 0.4) is 0 Å². The lowest BCUT2D eigenvalue weighted by Gasteiger charge is -2.14. The molecule has 1 aromatic heterocycles. The molecule has 3 aromatic carbocycles. The molecule has 2 heterocycles. The lowest BCUT2D eigenvalue weighted by Crippen LogP contribution is -1.96. The number of hydrogen-bond donors (Lipinski definition) is 0. The Morgan fingerprint density at radius 2 is 1.37 bits per heavy atom. The normalized spacial score (nSPS) is 12.2. The minimum Gasteiger partial charge on any atom is -0.493 e. The molecule has 7 heteroatoms. The SMILES string of the molecule is COc1cccc(/C=C/c2cc(-c3cccc(OC)c3OC)nc3cc4c(cc23)OCO4)c1OC. The van der Waals surface area contributed by atoms with Gasteiger partial charge < -0.3 is 28.4 Å². The van der Waals surface area contributed by atoms with E-state index < -0.39 is 0 Å². The molecular formula is C28H25NO6. The molecule has 0 radical (unpaired) electrons. The van der Waals surface area contributed by atoms with E-state index in [4.69, 9.17) is 33.4 Å². The maximum absolute atomic E-state index is 5.67. The first kappa shape index (κ1) is 22.4. The number of para-hydroxylation sites is 2. The van der Waals surface area contributed by atoms with Crippen LogP contribution in [-0.2, 0) is 0 Å². The Bertz CT molecular complexity index is 1430. The topological polar surface area (TPSA) is 68.3 Å². The summed E-state index contributed by atoms with van der Waals surface area (Å²) >= 11 is 0. The zero-order valence-electron chi connectivity index (χ0n) is 20.0. The van der Waals surface area contributed by atoms with E-state index in [1.54, 1.807) is 28.4 Å². The summed E-state index contributed by atoms with van der Waals surface area (Å²) in [6, 6.07) is 17.4. The van der Waals surface area contributed by atoms with Gasteiger partial charge in [-0.25, -0.2) is 4.98 Å². The van der Waals surface area contributed by atoms with Crippen molar-refractivity contribution in [3.63, 3.8) is 0 Å². The number of pyridine rings is 1. The second-order valence-corrected chi connectivity index (χ2v) is 7.78. The van der Waals surface area contributed by atoms with E-state index in [-0.39, 0.29) is 6.79 Å². The maximum atomic E-state index is 5.67. The zero-order chi connectivity index (χ0) is 24.4. The molecule has 0 aliphatic carbocycles. The fourth-order valence-electron chi connectivity index (χ4n) is 4.23. The highest BCUT2D eigenvalue weighted by Crippen LogP contribution is 2.41. The molecule has 4 aromatic rings. The molecule has 0 N–H and O–H groups in total. The Morgan fingerprint density at radius 3 is 2.09 bits per heavy atom. The molecule has 7 nitrogen and oxygen atoms in total. The van der Waals surface area contributed by atoms with Gasteiger partial charge in [-0.3, -0.25) is 0 Å². The number of rotatable bonds is 7. The molecular weight excluding hydrogens is 446 g/mol. The van der Waals surface area contributed by atoms with E-state index in [0.29, 0.717) is 34.5 Å². The highest BCUT2D eigenvalue weighted by atomic mass is 16.7. The zero-order valence-corrected chi connectivity index (χ0v) is 20.0. The molecule has 1 aliphatic rings. The van der Waals surface area contributed by atoms with Gasteiger partial charge in [0.05, 0.1) is 39.6 Å². The van der Waals surface area contributed by atoms with Gasteiger partial charge in [0, 0.05) is 22.6 Å². The van der Waals surface area contributed by atoms with E-state index in [1.807, 2.05) is 66.7 Å². The second kappa shape index (κ2) is 9.46. The molecule has 0 unspecified atom stereocenters. The molecule has 178 valence electrons. The van der Waals surface area contributed by atoms with Gasteiger partial charge in [-0.2, -0.15) is 0 Å². The summed E-state index contributed by atoms with van der Waals surface area (Å²) in [6.07, 6.45) is 4.02. The van der Waals surface area contributed by atoms with Gasteiger partial charge in [-0.1, -0.05) is 30.4 Å². The van der Waals surface area contributed by atoms with Crippen molar-refractivity contribution in [3.05, 3.63) is 65.7 Å². The molecule has 0 spiro atoms. The standard InChI is InChI=1S/C28H25NO6/c1-30-23-9-5-7-17(27(23)32-3)11-12-18-13-21(19-8-6-10-24(31-2)28(19)33-4)29-22-15-26-25(14-20(18)22)34-16-35-26/h5-15H,16H2,1-4H3/b12-11+.